The summed E-state index contributed by atoms with van der Waals surface area (Å²) in [6.07, 6.45) is 3.52. The Labute approximate surface area is 150 Å². The molecule has 0 spiro atoms. The second kappa shape index (κ2) is 7.43. The summed E-state index contributed by atoms with van der Waals surface area (Å²) >= 11 is 0. The Morgan fingerprint density at radius 2 is 2.04 bits per heavy atom. The van der Waals surface area contributed by atoms with E-state index in [2.05, 4.69) is 10.4 Å². The fourth-order valence-corrected chi connectivity index (χ4v) is 2.72. The minimum atomic E-state index is -0.355. The molecule has 136 valence electrons. The molecule has 0 aliphatic heterocycles. The van der Waals surface area contributed by atoms with Crippen LogP contribution in [0.4, 0.5) is 0 Å². The zero-order valence-corrected chi connectivity index (χ0v) is 15.0. The minimum Gasteiger partial charge on any atom is -0.483 e. The third-order valence-electron chi connectivity index (χ3n) is 4.40. The zero-order chi connectivity index (χ0) is 18.7. The second-order valence-corrected chi connectivity index (χ2v) is 6.11. The number of hydrogen-bond acceptors (Lipinski definition) is 5. The summed E-state index contributed by atoms with van der Waals surface area (Å²) in [6.45, 7) is 6.40. The predicted octanol–water partition coefficient (Wildman–Crippen LogP) is 2.11. The van der Waals surface area contributed by atoms with Crippen LogP contribution in [-0.4, -0.2) is 28.8 Å². The molecule has 1 N–H and O–H groups in total. The topological polar surface area (TPSA) is 86.4 Å². The van der Waals surface area contributed by atoms with Gasteiger partial charge in [0, 0.05) is 35.5 Å². The summed E-state index contributed by atoms with van der Waals surface area (Å²) < 4.78 is 12.8. The van der Waals surface area contributed by atoms with Gasteiger partial charge in [-0.15, -0.1) is 0 Å². The number of benzene rings is 1. The molecule has 0 fully saturated rings. The van der Waals surface area contributed by atoms with E-state index in [4.69, 9.17) is 9.15 Å². The van der Waals surface area contributed by atoms with Gasteiger partial charge in [0.2, 0.25) is 0 Å². The molecule has 0 saturated heterocycles. The maximum atomic E-state index is 11.9. The number of nitrogens with one attached hydrogen (secondary N) is 1. The molecule has 0 aliphatic rings. The standard InChI is InChI=1S/C19H21N3O4/c1-12-13(2)19(24)26-18-14(3)16(6-5-15(12)18)25-11-17(23)20-8-10-22-9-4-7-21-22/h4-7,9H,8,10-11H2,1-3H3,(H,20,23). The van der Waals surface area contributed by atoms with Gasteiger partial charge in [-0.2, -0.15) is 5.10 Å². The Morgan fingerprint density at radius 1 is 1.23 bits per heavy atom. The zero-order valence-electron chi connectivity index (χ0n) is 15.0. The number of aryl methyl sites for hydroxylation is 2. The first-order valence-corrected chi connectivity index (χ1v) is 8.38. The molecule has 7 heteroatoms. The fourth-order valence-electron chi connectivity index (χ4n) is 2.72. The van der Waals surface area contributed by atoms with Crippen molar-refractivity contribution in [2.24, 2.45) is 0 Å². The van der Waals surface area contributed by atoms with E-state index in [-0.39, 0.29) is 18.1 Å². The van der Waals surface area contributed by atoms with Gasteiger partial charge >= 0.3 is 5.63 Å². The van der Waals surface area contributed by atoms with Crippen LogP contribution in [0.15, 0.2) is 39.8 Å². The van der Waals surface area contributed by atoms with Gasteiger partial charge < -0.3 is 14.5 Å². The number of aromatic nitrogens is 2. The Hall–Kier alpha value is -3.09. The molecule has 0 aliphatic carbocycles. The summed E-state index contributed by atoms with van der Waals surface area (Å²) in [6, 6.07) is 5.47. The van der Waals surface area contributed by atoms with Crippen LogP contribution < -0.4 is 15.7 Å². The molecular weight excluding hydrogens is 334 g/mol. The minimum absolute atomic E-state index is 0.111. The molecule has 3 aromatic rings. The second-order valence-electron chi connectivity index (χ2n) is 6.11. The first-order chi connectivity index (χ1) is 12.5. The molecule has 2 heterocycles. The molecule has 0 unspecified atom stereocenters. The normalized spacial score (nSPS) is 10.9. The van der Waals surface area contributed by atoms with Crippen molar-refractivity contribution >= 4 is 16.9 Å². The number of carbonyl (C=O) groups excluding carboxylic acids is 1. The molecule has 1 aromatic carbocycles. The molecule has 1 amide bonds. The lowest BCUT2D eigenvalue weighted by Crippen LogP contribution is -2.31. The van der Waals surface area contributed by atoms with E-state index in [1.807, 2.05) is 32.2 Å². The molecule has 0 radical (unpaired) electrons. The average molecular weight is 355 g/mol. The summed E-state index contributed by atoms with van der Waals surface area (Å²) in [5, 5.41) is 7.71. The van der Waals surface area contributed by atoms with Gasteiger partial charge in [-0.1, -0.05) is 0 Å². The molecule has 0 saturated carbocycles. The van der Waals surface area contributed by atoms with Crippen molar-refractivity contribution in [2.75, 3.05) is 13.2 Å². The monoisotopic (exact) mass is 355 g/mol. The van der Waals surface area contributed by atoms with E-state index in [1.54, 1.807) is 23.9 Å². The lowest BCUT2D eigenvalue weighted by Gasteiger charge is -2.12. The molecule has 0 atom stereocenters. The third kappa shape index (κ3) is 3.61. The Morgan fingerprint density at radius 3 is 2.77 bits per heavy atom. The van der Waals surface area contributed by atoms with Crippen LogP contribution in [0.5, 0.6) is 5.75 Å². The number of fused-ring (bicyclic) bond motifs is 1. The van der Waals surface area contributed by atoms with Crippen LogP contribution in [0.1, 0.15) is 16.7 Å². The van der Waals surface area contributed by atoms with Gasteiger partial charge in [0.25, 0.3) is 5.91 Å². The van der Waals surface area contributed by atoms with E-state index in [9.17, 15) is 9.59 Å². The van der Waals surface area contributed by atoms with Crippen molar-refractivity contribution in [3.63, 3.8) is 0 Å². The highest BCUT2D eigenvalue weighted by atomic mass is 16.5. The van der Waals surface area contributed by atoms with Gasteiger partial charge in [-0.25, -0.2) is 4.79 Å². The van der Waals surface area contributed by atoms with Crippen LogP contribution in [0, 0.1) is 20.8 Å². The molecule has 2 aromatic heterocycles. The summed E-state index contributed by atoms with van der Waals surface area (Å²) in [7, 11) is 0. The quantitative estimate of drug-likeness (QED) is 0.685. The fraction of sp³-hybridized carbons (Fsp3) is 0.316. The molecule has 26 heavy (non-hydrogen) atoms. The number of amides is 1. The van der Waals surface area contributed by atoms with Crippen LogP contribution in [0.2, 0.25) is 0 Å². The number of nitrogens with zero attached hydrogens (tertiary/aromatic N) is 2. The van der Waals surface area contributed by atoms with Crippen LogP contribution in [0.3, 0.4) is 0 Å². The highest BCUT2D eigenvalue weighted by molar-refractivity contribution is 5.85. The Bertz CT molecular complexity index is 990. The number of hydrogen-bond donors (Lipinski definition) is 1. The van der Waals surface area contributed by atoms with Crippen molar-refractivity contribution in [3.05, 3.63) is 57.7 Å². The number of carbonyl (C=O) groups is 1. The van der Waals surface area contributed by atoms with Crippen LogP contribution in [0.25, 0.3) is 11.0 Å². The maximum absolute atomic E-state index is 11.9. The first-order valence-electron chi connectivity index (χ1n) is 8.38. The van der Waals surface area contributed by atoms with Gasteiger partial charge in [-0.05, 0) is 44.5 Å². The van der Waals surface area contributed by atoms with Crippen LogP contribution in [-0.2, 0) is 11.3 Å². The number of rotatable bonds is 6. The first kappa shape index (κ1) is 17.7. The smallest absolute Gasteiger partial charge is 0.339 e. The number of ether oxygens (including phenoxy) is 1. The maximum Gasteiger partial charge on any atom is 0.339 e. The van der Waals surface area contributed by atoms with E-state index < -0.39 is 0 Å². The van der Waals surface area contributed by atoms with Crippen molar-refractivity contribution in [3.8, 4) is 5.75 Å². The van der Waals surface area contributed by atoms with E-state index in [1.165, 1.54) is 0 Å². The summed E-state index contributed by atoms with van der Waals surface area (Å²) in [5.41, 5.74) is 2.33. The van der Waals surface area contributed by atoms with E-state index in [0.29, 0.717) is 35.5 Å². The average Bonchev–Trinajstić information content (AvgIpc) is 3.13. The van der Waals surface area contributed by atoms with Crippen molar-refractivity contribution in [2.45, 2.75) is 27.3 Å². The molecule has 0 bridgehead atoms. The lowest BCUT2D eigenvalue weighted by molar-refractivity contribution is -0.123. The van der Waals surface area contributed by atoms with Crippen molar-refractivity contribution in [1.29, 1.82) is 0 Å². The van der Waals surface area contributed by atoms with Gasteiger partial charge in [0.1, 0.15) is 11.3 Å². The van der Waals surface area contributed by atoms with E-state index >= 15 is 0 Å². The summed E-state index contributed by atoms with van der Waals surface area (Å²) in [5.74, 6) is 0.296. The van der Waals surface area contributed by atoms with Gasteiger partial charge in [-0.3, -0.25) is 9.48 Å². The van der Waals surface area contributed by atoms with E-state index in [0.717, 1.165) is 10.9 Å². The Kier molecular flexibility index (Phi) is 5.06. The molecule has 3 rings (SSSR count). The highest BCUT2D eigenvalue weighted by Crippen LogP contribution is 2.29. The Balaban J connectivity index is 1.65. The van der Waals surface area contributed by atoms with Crippen LogP contribution >= 0.6 is 0 Å². The van der Waals surface area contributed by atoms with Gasteiger partial charge in [0.15, 0.2) is 6.61 Å². The van der Waals surface area contributed by atoms with Gasteiger partial charge in [0.05, 0.1) is 6.54 Å². The lowest BCUT2D eigenvalue weighted by atomic mass is 10.0. The molecular formula is C19H21N3O4. The predicted molar refractivity (Wildman–Crippen MR) is 97.4 cm³/mol. The largest absolute Gasteiger partial charge is 0.483 e. The molecule has 7 nitrogen and oxygen atoms in total. The summed E-state index contributed by atoms with van der Waals surface area (Å²) in [4.78, 5) is 23.9. The SMILES string of the molecule is Cc1c(C)c2ccc(OCC(=O)NCCn3cccn3)c(C)c2oc1=O. The third-order valence-corrected chi connectivity index (χ3v) is 4.40. The van der Waals surface area contributed by atoms with Crippen molar-refractivity contribution < 1.29 is 13.9 Å². The highest BCUT2D eigenvalue weighted by Gasteiger charge is 2.13. The van der Waals surface area contributed by atoms with Crippen molar-refractivity contribution in [1.82, 2.24) is 15.1 Å².